The van der Waals surface area contributed by atoms with Crippen LogP contribution in [0.15, 0.2) is 12.1 Å². The number of likely N-dealkylation sites (tertiary alicyclic amines) is 1. The number of carbonyl (C=O) groups is 4. The summed E-state index contributed by atoms with van der Waals surface area (Å²) in [4.78, 5) is 62.1. The molecule has 0 aromatic carbocycles. The number of imide groups is 1. The van der Waals surface area contributed by atoms with Gasteiger partial charge in [0.05, 0.1) is 30.0 Å². The first-order chi connectivity index (χ1) is 20.0. The number of fused-ring (bicyclic) bond motifs is 1. The van der Waals surface area contributed by atoms with E-state index in [1.807, 2.05) is 32.9 Å². The number of rotatable bonds is 5. The van der Waals surface area contributed by atoms with Crippen molar-refractivity contribution in [1.82, 2.24) is 25.0 Å². The second kappa shape index (κ2) is 11.4. The van der Waals surface area contributed by atoms with Gasteiger partial charge in [0.25, 0.3) is 5.91 Å². The van der Waals surface area contributed by atoms with E-state index in [9.17, 15) is 19.2 Å². The molecule has 4 aliphatic heterocycles. The predicted molar refractivity (Wildman–Crippen MR) is 153 cm³/mol. The number of hydrogen-bond donors (Lipinski definition) is 1. The Morgan fingerprint density at radius 1 is 0.952 bits per heavy atom. The smallest absolute Gasteiger partial charge is 0.410 e. The molecule has 1 aromatic rings. The summed E-state index contributed by atoms with van der Waals surface area (Å²) in [6, 6.07) is 3.63. The summed E-state index contributed by atoms with van der Waals surface area (Å²) in [6.07, 6.45) is 4.63. The molecular formula is C30H42N6O6. The minimum absolute atomic E-state index is 0.196. The average molecular weight is 583 g/mol. The molecule has 4 fully saturated rings. The van der Waals surface area contributed by atoms with Crippen LogP contribution in [0.4, 0.5) is 10.6 Å². The van der Waals surface area contributed by atoms with Crippen LogP contribution < -0.4 is 10.2 Å². The molecule has 1 aromatic heterocycles. The Hall–Kier alpha value is -3.25. The molecule has 228 valence electrons. The van der Waals surface area contributed by atoms with Gasteiger partial charge in [0.1, 0.15) is 17.5 Å². The van der Waals surface area contributed by atoms with Crippen LogP contribution in [0.2, 0.25) is 0 Å². The largest absolute Gasteiger partial charge is 0.444 e. The van der Waals surface area contributed by atoms with Crippen molar-refractivity contribution < 1.29 is 28.7 Å². The van der Waals surface area contributed by atoms with Crippen LogP contribution in [-0.4, -0.2) is 113 Å². The van der Waals surface area contributed by atoms with Crippen LogP contribution in [0, 0.1) is 0 Å². The monoisotopic (exact) mass is 582 g/mol. The van der Waals surface area contributed by atoms with Gasteiger partial charge in [0.2, 0.25) is 11.8 Å². The van der Waals surface area contributed by atoms with Gasteiger partial charge in [0.15, 0.2) is 0 Å². The summed E-state index contributed by atoms with van der Waals surface area (Å²) >= 11 is 0. The minimum atomic E-state index is -0.628. The van der Waals surface area contributed by atoms with Crippen LogP contribution in [0.3, 0.4) is 0 Å². The zero-order chi connectivity index (χ0) is 29.6. The molecule has 42 heavy (non-hydrogen) atoms. The van der Waals surface area contributed by atoms with E-state index in [1.165, 1.54) is 0 Å². The fourth-order valence-corrected chi connectivity index (χ4v) is 6.64. The highest BCUT2D eigenvalue weighted by atomic mass is 16.6. The summed E-state index contributed by atoms with van der Waals surface area (Å²) in [5, 5.41) is 2.34. The van der Waals surface area contributed by atoms with Crippen LogP contribution in [0.1, 0.15) is 75.3 Å². The third-order valence-electron chi connectivity index (χ3n) is 9.06. The van der Waals surface area contributed by atoms with Crippen molar-refractivity contribution in [3.63, 3.8) is 0 Å². The number of pyridine rings is 1. The van der Waals surface area contributed by atoms with Crippen molar-refractivity contribution in [1.29, 1.82) is 0 Å². The Bertz CT molecular complexity index is 1230. The second-order valence-corrected chi connectivity index (χ2v) is 13.1. The molecule has 3 saturated heterocycles. The number of nitrogens with one attached hydrogen (secondary N) is 1. The quantitative estimate of drug-likeness (QED) is 0.519. The first-order valence-corrected chi connectivity index (χ1v) is 15.3. The van der Waals surface area contributed by atoms with Crippen molar-refractivity contribution in [3.05, 3.63) is 23.4 Å². The first kappa shape index (κ1) is 28.9. The molecule has 1 saturated carbocycles. The van der Waals surface area contributed by atoms with Crippen LogP contribution in [0.25, 0.3) is 0 Å². The molecule has 1 N–H and O–H groups in total. The maximum Gasteiger partial charge on any atom is 0.410 e. The normalized spacial score (nSPS) is 27.5. The average Bonchev–Trinajstić information content (AvgIpc) is 3.25. The molecule has 12 heteroatoms. The standard InChI is InChI=1S/C30H42N6O6/c1-30(2,3)42-29(40)35-10-8-20(9-11-35)41-21-16-19(17-21)33-12-14-34(15-13-33)25-6-4-22-23(31-25)18-36(28(22)39)24-5-7-26(37)32-27(24)38/h4,6,19-21,24H,5,7-18H2,1-3H3,(H,32,37,38). The number of ether oxygens (including phenoxy) is 2. The summed E-state index contributed by atoms with van der Waals surface area (Å²) in [5.74, 6) is -0.0316. The van der Waals surface area contributed by atoms with Gasteiger partial charge >= 0.3 is 6.09 Å². The van der Waals surface area contributed by atoms with Crippen molar-refractivity contribution in [2.45, 2.75) is 95.7 Å². The van der Waals surface area contributed by atoms with Crippen LogP contribution in [0.5, 0.6) is 0 Å². The Labute approximate surface area is 246 Å². The Balaban J connectivity index is 0.931. The van der Waals surface area contributed by atoms with Gasteiger partial charge in [-0.2, -0.15) is 0 Å². The summed E-state index contributed by atoms with van der Waals surface area (Å²) in [6.45, 7) is 10.9. The predicted octanol–water partition coefficient (Wildman–Crippen LogP) is 1.91. The van der Waals surface area contributed by atoms with E-state index in [2.05, 4.69) is 15.1 Å². The molecule has 6 rings (SSSR count). The number of nitrogens with zero attached hydrogens (tertiary/aromatic N) is 5. The number of piperazine rings is 1. The summed E-state index contributed by atoms with van der Waals surface area (Å²) in [7, 11) is 0. The number of anilines is 1. The molecule has 5 aliphatic rings. The van der Waals surface area contributed by atoms with E-state index in [0.717, 1.165) is 57.7 Å². The molecule has 1 atom stereocenters. The number of carbonyl (C=O) groups excluding carboxylic acids is 4. The third kappa shape index (κ3) is 6.10. The van der Waals surface area contributed by atoms with E-state index < -0.39 is 17.6 Å². The molecule has 1 unspecified atom stereocenters. The zero-order valence-corrected chi connectivity index (χ0v) is 24.8. The van der Waals surface area contributed by atoms with E-state index in [4.69, 9.17) is 14.5 Å². The van der Waals surface area contributed by atoms with E-state index >= 15 is 0 Å². The van der Waals surface area contributed by atoms with Gasteiger partial charge in [-0.1, -0.05) is 0 Å². The maximum atomic E-state index is 13.0. The molecule has 4 amide bonds. The van der Waals surface area contributed by atoms with Gasteiger partial charge < -0.3 is 24.2 Å². The molecule has 0 spiro atoms. The fourth-order valence-electron chi connectivity index (χ4n) is 6.64. The lowest BCUT2D eigenvalue weighted by Crippen LogP contribution is -2.56. The highest BCUT2D eigenvalue weighted by Crippen LogP contribution is 2.33. The number of amides is 4. The second-order valence-electron chi connectivity index (χ2n) is 13.1. The Morgan fingerprint density at radius 2 is 1.67 bits per heavy atom. The maximum absolute atomic E-state index is 13.0. The van der Waals surface area contributed by atoms with Gasteiger partial charge in [-0.25, -0.2) is 9.78 Å². The molecule has 0 bridgehead atoms. The molecule has 12 nitrogen and oxygen atoms in total. The summed E-state index contributed by atoms with van der Waals surface area (Å²) in [5.41, 5.74) is 0.759. The first-order valence-electron chi connectivity index (χ1n) is 15.3. The van der Waals surface area contributed by atoms with Crippen molar-refractivity contribution in [2.75, 3.05) is 44.2 Å². The lowest BCUT2D eigenvalue weighted by Gasteiger charge is -2.47. The molecule has 0 radical (unpaired) electrons. The summed E-state index contributed by atoms with van der Waals surface area (Å²) < 4.78 is 11.9. The highest BCUT2D eigenvalue weighted by Gasteiger charge is 2.41. The van der Waals surface area contributed by atoms with E-state index in [1.54, 1.807) is 9.80 Å². The minimum Gasteiger partial charge on any atom is -0.444 e. The fraction of sp³-hybridized carbons (Fsp3) is 0.700. The third-order valence-corrected chi connectivity index (χ3v) is 9.06. The molecular weight excluding hydrogens is 540 g/mol. The van der Waals surface area contributed by atoms with Gasteiger partial charge in [-0.3, -0.25) is 24.6 Å². The van der Waals surface area contributed by atoms with Gasteiger partial charge in [-0.15, -0.1) is 0 Å². The lowest BCUT2D eigenvalue weighted by molar-refractivity contribution is -0.136. The number of piperidine rings is 2. The zero-order valence-electron chi connectivity index (χ0n) is 24.8. The van der Waals surface area contributed by atoms with Crippen LogP contribution >= 0.6 is 0 Å². The molecule has 5 heterocycles. The number of aromatic nitrogens is 1. The van der Waals surface area contributed by atoms with E-state index in [-0.39, 0.29) is 43.1 Å². The lowest BCUT2D eigenvalue weighted by atomic mass is 9.87. The van der Waals surface area contributed by atoms with E-state index in [0.29, 0.717) is 36.8 Å². The van der Waals surface area contributed by atoms with Gasteiger partial charge in [-0.05, 0) is 65.0 Å². The Morgan fingerprint density at radius 3 is 2.33 bits per heavy atom. The van der Waals surface area contributed by atoms with Crippen LogP contribution in [-0.2, 0) is 25.6 Å². The molecule has 1 aliphatic carbocycles. The van der Waals surface area contributed by atoms with Gasteiger partial charge in [0, 0.05) is 51.7 Å². The Kier molecular flexibility index (Phi) is 7.86. The van der Waals surface area contributed by atoms with Crippen molar-refractivity contribution >= 4 is 29.6 Å². The SMILES string of the molecule is CC(C)(C)OC(=O)N1CCC(OC2CC(N3CCN(c4ccc5c(n4)CN(C4CCC(=O)NC4=O)C5=O)CC3)C2)CC1. The topological polar surface area (TPSA) is 125 Å². The van der Waals surface area contributed by atoms with Crippen molar-refractivity contribution in [3.8, 4) is 0 Å². The number of hydrogen-bond acceptors (Lipinski definition) is 9. The highest BCUT2D eigenvalue weighted by molar-refractivity contribution is 6.05. The van der Waals surface area contributed by atoms with Crippen molar-refractivity contribution in [2.24, 2.45) is 0 Å².